The number of aromatic nitrogens is 1. The number of hydrogen-bond donors (Lipinski definition) is 3. The molecule has 0 atom stereocenters. The number of fused-ring (bicyclic) bond motifs is 2. The van der Waals surface area contributed by atoms with Crippen LogP contribution < -0.4 is 20.7 Å². The number of ether oxygens (including phenoxy) is 1. The second kappa shape index (κ2) is 11.0. The maximum Gasteiger partial charge on any atom is 0.310 e. The van der Waals surface area contributed by atoms with E-state index >= 15 is 0 Å². The summed E-state index contributed by atoms with van der Waals surface area (Å²) in [4.78, 5) is 40.2. The fraction of sp³-hybridized carbons (Fsp3) is 0.138. The molecule has 0 saturated heterocycles. The Hall–Kier alpha value is -5.25. The third-order valence-corrected chi connectivity index (χ3v) is 6.43. The maximum absolute atomic E-state index is 12.9. The van der Waals surface area contributed by atoms with Gasteiger partial charge in [0.05, 0.1) is 41.1 Å². The fourth-order valence-corrected chi connectivity index (χ4v) is 4.43. The number of nitrogens with one attached hydrogen (secondary N) is 3. The largest absolute Gasteiger partial charge is 0.490 e. The summed E-state index contributed by atoms with van der Waals surface area (Å²) >= 11 is 0. The van der Waals surface area contributed by atoms with Crippen molar-refractivity contribution >= 4 is 34.6 Å². The number of carbonyl (C=O) groups excluding carboxylic acids is 2. The quantitative estimate of drug-likeness (QED) is 0.221. The summed E-state index contributed by atoms with van der Waals surface area (Å²) in [7, 11) is 1.38. The molecule has 10 heteroatoms. The monoisotopic (exact) mass is 523 g/mol. The van der Waals surface area contributed by atoms with Crippen LogP contribution in [0.15, 0.2) is 79.1 Å². The Kier molecular flexibility index (Phi) is 7.17. The number of rotatable bonds is 8. The number of nitro benzene ring substituents is 1. The van der Waals surface area contributed by atoms with Gasteiger partial charge in [-0.2, -0.15) is 0 Å². The highest BCUT2D eigenvalue weighted by Gasteiger charge is 2.21. The summed E-state index contributed by atoms with van der Waals surface area (Å²) in [5.41, 5.74) is 5.46. The van der Waals surface area contributed by atoms with Crippen molar-refractivity contribution in [2.75, 3.05) is 24.3 Å². The molecule has 0 spiro atoms. The van der Waals surface area contributed by atoms with Crippen LogP contribution in [0.4, 0.5) is 22.7 Å². The molecule has 2 amide bonds. The van der Waals surface area contributed by atoms with E-state index in [2.05, 4.69) is 20.9 Å². The highest BCUT2D eigenvalue weighted by molar-refractivity contribution is 6.12. The first-order valence-electron chi connectivity index (χ1n) is 12.2. The molecule has 1 aromatic heterocycles. The minimum atomic E-state index is -0.499. The number of amides is 2. The van der Waals surface area contributed by atoms with Crippen LogP contribution in [-0.4, -0.2) is 35.4 Å². The lowest BCUT2D eigenvalue weighted by molar-refractivity contribution is -0.385. The average Bonchev–Trinajstić information content (AvgIpc) is 3.08. The summed E-state index contributed by atoms with van der Waals surface area (Å²) in [5, 5.41) is 20.4. The summed E-state index contributed by atoms with van der Waals surface area (Å²) in [6.45, 7) is 0.520. The molecule has 5 rings (SSSR count). The Bertz CT molecular complexity index is 1570. The van der Waals surface area contributed by atoms with Gasteiger partial charge in [0.1, 0.15) is 0 Å². The van der Waals surface area contributed by atoms with Crippen molar-refractivity contribution in [1.82, 2.24) is 10.3 Å². The summed E-state index contributed by atoms with van der Waals surface area (Å²) in [6, 6.07) is 19.2. The molecule has 1 aliphatic rings. The molecular formula is C29H25N5O5. The number of nitrogens with zero attached hydrogens (tertiary/aromatic N) is 2. The minimum absolute atomic E-state index is 0.100. The van der Waals surface area contributed by atoms with Gasteiger partial charge in [-0.25, -0.2) is 0 Å². The van der Waals surface area contributed by atoms with E-state index in [1.165, 1.54) is 13.2 Å². The molecule has 39 heavy (non-hydrogen) atoms. The van der Waals surface area contributed by atoms with Gasteiger partial charge in [0.2, 0.25) is 5.91 Å². The molecule has 0 saturated carbocycles. The Morgan fingerprint density at radius 3 is 2.46 bits per heavy atom. The zero-order chi connectivity index (χ0) is 27.4. The van der Waals surface area contributed by atoms with Gasteiger partial charge in [-0.1, -0.05) is 12.1 Å². The SMILES string of the molecule is COc1cc(-c2ccc3c(c2)Nc2cc(CC(=O)NCCc4ccncc4)ccc2NC3=O)ccc1[N+](=O)[O-]. The molecule has 0 aliphatic carbocycles. The zero-order valence-corrected chi connectivity index (χ0v) is 21.1. The third-order valence-electron chi connectivity index (χ3n) is 6.43. The van der Waals surface area contributed by atoms with E-state index < -0.39 is 4.92 Å². The first-order valence-corrected chi connectivity index (χ1v) is 12.2. The van der Waals surface area contributed by atoms with Gasteiger partial charge in [-0.3, -0.25) is 24.7 Å². The van der Waals surface area contributed by atoms with Gasteiger partial charge < -0.3 is 20.7 Å². The van der Waals surface area contributed by atoms with Crippen molar-refractivity contribution in [3.05, 3.63) is 106 Å². The van der Waals surface area contributed by atoms with Gasteiger partial charge in [0, 0.05) is 25.0 Å². The lowest BCUT2D eigenvalue weighted by Crippen LogP contribution is -2.27. The Morgan fingerprint density at radius 1 is 0.923 bits per heavy atom. The van der Waals surface area contributed by atoms with Crippen molar-refractivity contribution in [3.8, 4) is 16.9 Å². The second-order valence-corrected chi connectivity index (χ2v) is 9.00. The van der Waals surface area contributed by atoms with Gasteiger partial charge in [0.15, 0.2) is 5.75 Å². The molecule has 196 valence electrons. The molecule has 2 heterocycles. The first kappa shape index (κ1) is 25.4. The number of nitro groups is 1. The molecule has 0 radical (unpaired) electrons. The number of carbonyl (C=O) groups is 2. The number of pyridine rings is 1. The first-order chi connectivity index (χ1) is 18.9. The van der Waals surface area contributed by atoms with Gasteiger partial charge in [-0.05, 0) is 77.2 Å². The molecular weight excluding hydrogens is 498 g/mol. The van der Waals surface area contributed by atoms with Crippen LogP contribution in [0.5, 0.6) is 5.75 Å². The van der Waals surface area contributed by atoms with E-state index in [-0.39, 0.29) is 29.7 Å². The van der Waals surface area contributed by atoms with Crippen LogP contribution in [0.25, 0.3) is 11.1 Å². The van der Waals surface area contributed by atoms with Crippen molar-refractivity contribution in [2.45, 2.75) is 12.8 Å². The van der Waals surface area contributed by atoms with Gasteiger partial charge in [0.25, 0.3) is 5.91 Å². The van der Waals surface area contributed by atoms with E-state index in [0.29, 0.717) is 41.2 Å². The predicted molar refractivity (Wildman–Crippen MR) is 147 cm³/mol. The Labute approximate surface area is 224 Å². The van der Waals surface area contributed by atoms with E-state index in [4.69, 9.17) is 4.74 Å². The van der Waals surface area contributed by atoms with E-state index in [0.717, 1.165) is 16.7 Å². The smallest absolute Gasteiger partial charge is 0.310 e. The Balaban J connectivity index is 1.34. The summed E-state index contributed by atoms with van der Waals surface area (Å²) in [6.07, 6.45) is 4.35. The topological polar surface area (TPSA) is 135 Å². The highest BCUT2D eigenvalue weighted by atomic mass is 16.6. The number of hydrogen-bond acceptors (Lipinski definition) is 7. The zero-order valence-electron chi connectivity index (χ0n) is 21.1. The summed E-state index contributed by atoms with van der Waals surface area (Å²) < 4.78 is 5.20. The van der Waals surface area contributed by atoms with Crippen molar-refractivity contribution in [2.24, 2.45) is 0 Å². The normalized spacial score (nSPS) is 11.8. The highest BCUT2D eigenvalue weighted by Crippen LogP contribution is 2.37. The fourth-order valence-electron chi connectivity index (χ4n) is 4.43. The molecule has 4 aromatic rings. The van der Waals surface area contributed by atoms with E-state index in [1.54, 1.807) is 42.7 Å². The molecule has 10 nitrogen and oxygen atoms in total. The number of anilines is 3. The lowest BCUT2D eigenvalue weighted by atomic mass is 10.0. The van der Waals surface area contributed by atoms with Crippen LogP contribution in [0, 0.1) is 10.1 Å². The van der Waals surface area contributed by atoms with Crippen LogP contribution in [-0.2, 0) is 17.6 Å². The van der Waals surface area contributed by atoms with Crippen LogP contribution in [0.1, 0.15) is 21.5 Å². The molecule has 1 aliphatic heterocycles. The standard InChI is InChI=1S/C29H25N5O5/c1-39-27-17-21(4-7-26(27)34(37)38)20-3-5-22-24(16-20)32-25-14-19(2-6-23(25)33-29(22)36)15-28(35)31-13-10-18-8-11-30-12-9-18/h2-9,11-12,14,16-17,32H,10,13,15H2,1H3,(H,31,35)(H,33,36). The van der Waals surface area contributed by atoms with Crippen molar-refractivity contribution < 1.29 is 19.2 Å². The van der Waals surface area contributed by atoms with Crippen LogP contribution in [0.2, 0.25) is 0 Å². The molecule has 0 unspecified atom stereocenters. The second-order valence-electron chi connectivity index (χ2n) is 9.00. The van der Waals surface area contributed by atoms with Crippen LogP contribution >= 0.6 is 0 Å². The average molecular weight is 524 g/mol. The molecule has 0 fully saturated rings. The van der Waals surface area contributed by atoms with Gasteiger partial charge in [-0.15, -0.1) is 0 Å². The Morgan fingerprint density at radius 2 is 1.69 bits per heavy atom. The summed E-state index contributed by atoms with van der Waals surface area (Å²) in [5.74, 6) is -0.227. The third kappa shape index (κ3) is 5.69. The van der Waals surface area contributed by atoms with Crippen LogP contribution in [0.3, 0.4) is 0 Å². The van der Waals surface area contributed by atoms with Crippen molar-refractivity contribution in [3.63, 3.8) is 0 Å². The minimum Gasteiger partial charge on any atom is -0.490 e. The molecule has 3 N–H and O–H groups in total. The number of methoxy groups -OCH3 is 1. The van der Waals surface area contributed by atoms with E-state index in [9.17, 15) is 19.7 Å². The molecule has 0 bridgehead atoms. The van der Waals surface area contributed by atoms with E-state index in [1.807, 2.05) is 30.3 Å². The van der Waals surface area contributed by atoms with Crippen molar-refractivity contribution in [1.29, 1.82) is 0 Å². The predicted octanol–water partition coefficient (Wildman–Crippen LogP) is 4.88. The number of benzene rings is 3. The maximum atomic E-state index is 12.9. The lowest BCUT2D eigenvalue weighted by Gasteiger charge is -2.12. The molecule has 3 aromatic carbocycles. The van der Waals surface area contributed by atoms with Gasteiger partial charge >= 0.3 is 5.69 Å².